The molecule has 6 heteroatoms. The molecule has 26 heavy (non-hydrogen) atoms. The topological polar surface area (TPSA) is 63.5 Å². The lowest BCUT2D eigenvalue weighted by molar-refractivity contribution is 0.0777. The summed E-state index contributed by atoms with van der Waals surface area (Å²) in [4.78, 5) is 12.6. The van der Waals surface area contributed by atoms with Gasteiger partial charge in [-0.1, -0.05) is 0 Å². The Bertz CT molecular complexity index is 979. The van der Waals surface area contributed by atoms with Crippen LogP contribution < -0.4 is 10.6 Å². The molecule has 0 saturated carbocycles. The molecule has 0 radical (unpaired) electrons. The van der Waals surface area contributed by atoms with E-state index in [9.17, 15) is 9.18 Å². The highest BCUT2D eigenvalue weighted by molar-refractivity contribution is 6.11. The van der Waals surface area contributed by atoms with E-state index in [-0.39, 0.29) is 17.8 Å². The van der Waals surface area contributed by atoms with Gasteiger partial charge in [-0.25, -0.2) is 4.39 Å². The molecule has 2 aromatic carbocycles. The molecule has 2 heterocycles. The van der Waals surface area contributed by atoms with Crippen molar-refractivity contribution in [1.82, 2.24) is 5.32 Å². The fraction of sp³-hybridized carbons (Fsp3) is 0.250. The summed E-state index contributed by atoms with van der Waals surface area (Å²) in [7, 11) is 1.58. The molecule has 1 atom stereocenters. The van der Waals surface area contributed by atoms with Crippen LogP contribution in [-0.4, -0.2) is 26.1 Å². The molecule has 1 aliphatic heterocycles. The molecule has 4 rings (SSSR count). The van der Waals surface area contributed by atoms with E-state index < -0.39 is 0 Å². The molecule has 1 aromatic heterocycles. The average molecular weight is 354 g/mol. The third-order valence-electron chi connectivity index (χ3n) is 4.64. The second kappa shape index (κ2) is 6.46. The summed E-state index contributed by atoms with van der Waals surface area (Å²) in [6.45, 7) is 3.30. The number of benzene rings is 2. The first-order chi connectivity index (χ1) is 12.6. The molecule has 3 aromatic rings. The third-order valence-corrected chi connectivity index (χ3v) is 4.64. The first-order valence-electron chi connectivity index (χ1n) is 8.52. The zero-order valence-corrected chi connectivity index (χ0v) is 14.6. The molecule has 0 bridgehead atoms. The number of hydrogen-bond donors (Lipinski definition) is 2. The lowest BCUT2D eigenvalue weighted by Crippen LogP contribution is -2.18. The third kappa shape index (κ3) is 2.72. The normalized spacial score (nSPS) is 16.7. The van der Waals surface area contributed by atoms with Gasteiger partial charge < -0.3 is 19.8 Å². The Morgan fingerprint density at radius 1 is 1.27 bits per heavy atom. The van der Waals surface area contributed by atoms with E-state index in [1.807, 2.05) is 19.1 Å². The Morgan fingerprint density at radius 3 is 2.77 bits per heavy atom. The van der Waals surface area contributed by atoms with Crippen LogP contribution in [0, 0.1) is 5.82 Å². The quantitative estimate of drug-likeness (QED) is 0.727. The lowest BCUT2D eigenvalue weighted by Gasteiger charge is -2.12. The summed E-state index contributed by atoms with van der Waals surface area (Å²) in [5, 5.41) is 6.71. The van der Waals surface area contributed by atoms with Crippen molar-refractivity contribution >= 4 is 22.6 Å². The summed E-state index contributed by atoms with van der Waals surface area (Å²) < 4.78 is 25.1. The maximum Gasteiger partial charge on any atom is 0.255 e. The van der Waals surface area contributed by atoms with Crippen LogP contribution in [0.2, 0.25) is 0 Å². The van der Waals surface area contributed by atoms with Crippen LogP contribution >= 0.6 is 0 Å². The SMILES string of the molecule is CNC(=O)c1c(-c2ccc(F)cc2)oc2cc3c(cc12)C(C)OCCN3. The number of halogens is 1. The van der Waals surface area contributed by atoms with E-state index in [1.54, 1.807) is 19.2 Å². The maximum atomic E-state index is 13.3. The number of anilines is 1. The molecule has 1 unspecified atom stereocenters. The monoisotopic (exact) mass is 354 g/mol. The highest BCUT2D eigenvalue weighted by atomic mass is 19.1. The lowest BCUT2D eigenvalue weighted by atomic mass is 10.0. The zero-order chi connectivity index (χ0) is 18.3. The second-order valence-corrected chi connectivity index (χ2v) is 6.27. The number of nitrogens with one attached hydrogen (secondary N) is 2. The van der Waals surface area contributed by atoms with Crippen molar-refractivity contribution in [3.63, 3.8) is 0 Å². The minimum absolute atomic E-state index is 0.0916. The van der Waals surface area contributed by atoms with Crippen LogP contribution in [0.15, 0.2) is 40.8 Å². The molecule has 0 saturated heterocycles. The Hall–Kier alpha value is -2.86. The summed E-state index contributed by atoms with van der Waals surface area (Å²) in [5.74, 6) is -0.167. The van der Waals surface area contributed by atoms with Crippen molar-refractivity contribution in [3.05, 3.63) is 53.3 Å². The number of furan rings is 1. The number of carbonyl (C=O) groups excluding carboxylic acids is 1. The fourth-order valence-corrected chi connectivity index (χ4v) is 3.32. The van der Waals surface area contributed by atoms with Crippen LogP contribution in [0.25, 0.3) is 22.3 Å². The summed E-state index contributed by atoms with van der Waals surface area (Å²) >= 11 is 0. The Labute approximate surface area is 150 Å². The molecule has 0 aliphatic carbocycles. The number of ether oxygens (including phenoxy) is 1. The summed E-state index contributed by atoms with van der Waals surface area (Å²) in [5.41, 5.74) is 3.60. The number of carbonyl (C=O) groups is 1. The van der Waals surface area contributed by atoms with Gasteiger partial charge in [0.1, 0.15) is 17.2 Å². The van der Waals surface area contributed by atoms with Gasteiger partial charge in [0.15, 0.2) is 0 Å². The van der Waals surface area contributed by atoms with Gasteiger partial charge in [0.2, 0.25) is 0 Å². The van der Waals surface area contributed by atoms with E-state index in [0.717, 1.165) is 11.3 Å². The van der Waals surface area contributed by atoms with E-state index in [0.29, 0.717) is 41.0 Å². The zero-order valence-electron chi connectivity index (χ0n) is 14.6. The van der Waals surface area contributed by atoms with Crippen molar-refractivity contribution in [2.24, 2.45) is 0 Å². The molecule has 0 spiro atoms. The molecule has 1 aliphatic rings. The number of rotatable bonds is 2. The first kappa shape index (κ1) is 16.6. The molecular formula is C20H19FN2O3. The summed E-state index contributed by atoms with van der Waals surface area (Å²) in [6, 6.07) is 9.75. The standard InChI is InChI=1S/C20H19FN2O3/c1-11-14-9-15-17(10-16(14)23-7-8-25-11)26-19(18(15)20(24)22-2)12-3-5-13(21)6-4-12/h3-6,9-11,23H,7-8H2,1-2H3,(H,22,24). The Balaban J connectivity index is 1.98. The van der Waals surface area contributed by atoms with Crippen molar-refractivity contribution in [3.8, 4) is 11.3 Å². The van der Waals surface area contributed by atoms with Gasteiger partial charge in [-0.15, -0.1) is 0 Å². The van der Waals surface area contributed by atoms with Gasteiger partial charge in [-0.2, -0.15) is 0 Å². The maximum absolute atomic E-state index is 13.3. The first-order valence-corrected chi connectivity index (χ1v) is 8.52. The molecule has 1 amide bonds. The van der Waals surface area contributed by atoms with Crippen LogP contribution in [0.5, 0.6) is 0 Å². The van der Waals surface area contributed by atoms with Gasteiger partial charge in [0, 0.05) is 41.9 Å². The average Bonchev–Trinajstić information content (AvgIpc) is 2.92. The number of fused-ring (bicyclic) bond motifs is 2. The number of hydrogen-bond acceptors (Lipinski definition) is 4. The van der Waals surface area contributed by atoms with Crippen LogP contribution in [0.4, 0.5) is 10.1 Å². The highest BCUT2D eigenvalue weighted by Crippen LogP contribution is 2.39. The highest BCUT2D eigenvalue weighted by Gasteiger charge is 2.25. The largest absolute Gasteiger partial charge is 0.455 e. The van der Waals surface area contributed by atoms with Gasteiger partial charge in [-0.05, 0) is 37.3 Å². The molecule has 5 nitrogen and oxygen atoms in total. The van der Waals surface area contributed by atoms with Crippen molar-refractivity contribution in [2.75, 3.05) is 25.5 Å². The van der Waals surface area contributed by atoms with Crippen molar-refractivity contribution in [2.45, 2.75) is 13.0 Å². The predicted octanol–water partition coefficient (Wildman–Crippen LogP) is 4.10. The van der Waals surface area contributed by atoms with Crippen LogP contribution in [-0.2, 0) is 4.74 Å². The summed E-state index contributed by atoms with van der Waals surface area (Å²) in [6.07, 6.45) is -0.0916. The Morgan fingerprint density at radius 2 is 2.04 bits per heavy atom. The molecule has 134 valence electrons. The minimum atomic E-state index is -0.340. The molecular weight excluding hydrogens is 335 g/mol. The number of amides is 1. The fourth-order valence-electron chi connectivity index (χ4n) is 3.32. The van der Waals surface area contributed by atoms with Crippen LogP contribution in [0.3, 0.4) is 0 Å². The Kier molecular flexibility index (Phi) is 4.12. The molecule has 0 fully saturated rings. The van der Waals surface area contributed by atoms with Gasteiger partial charge in [0.25, 0.3) is 5.91 Å². The van der Waals surface area contributed by atoms with Gasteiger partial charge >= 0.3 is 0 Å². The second-order valence-electron chi connectivity index (χ2n) is 6.27. The van der Waals surface area contributed by atoms with E-state index in [1.165, 1.54) is 12.1 Å². The van der Waals surface area contributed by atoms with E-state index in [2.05, 4.69) is 10.6 Å². The smallest absolute Gasteiger partial charge is 0.255 e. The van der Waals surface area contributed by atoms with E-state index in [4.69, 9.17) is 9.15 Å². The van der Waals surface area contributed by atoms with Gasteiger partial charge in [-0.3, -0.25) is 4.79 Å². The predicted molar refractivity (Wildman–Crippen MR) is 97.9 cm³/mol. The van der Waals surface area contributed by atoms with Crippen LogP contribution in [0.1, 0.15) is 28.9 Å². The van der Waals surface area contributed by atoms with Crippen molar-refractivity contribution in [1.29, 1.82) is 0 Å². The molecule has 2 N–H and O–H groups in total. The van der Waals surface area contributed by atoms with E-state index >= 15 is 0 Å². The minimum Gasteiger partial charge on any atom is -0.455 e. The van der Waals surface area contributed by atoms with Gasteiger partial charge in [0.05, 0.1) is 18.3 Å². The van der Waals surface area contributed by atoms with Crippen molar-refractivity contribution < 1.29 is 18.3 Å².